The van der Waals surface area contributed by atoms with Crippen LogP contribution in [0.2, 0.25) is 0 Å². The van der Waals surface area contributed by atoms with Gasteiger partial charge in [0.15, 0.2) is 0 Å². The second kappa shape index (κ2) is 9.06. The lowest BCUT2D eigenvalue weighted by Gasteiger charge is -2.38. The zero-order chi connectivity index (χ0) is 30.9. The maximum atomic E-state index is 2.58. The van der Waals surface area contributed by atoms with Gasteiger partial charge in [-0.2, -0.15) is 0 Å². The molecule has 0 nitrogen and oxygen atoms in total. The molecular formula is C43H44. The molecule has 0 radical (unpaired) electrons. The molecule has 43 heavy (non-hydrogen) atoms. The molecule has 0 aromatic heterocycles. The van der Waals surface area contributed by atoms with E-state index in [1.165, 1.54) is 122 Å². The predicted molar refractivity (Wildman–Crippen MR) is 187 cm³/mol. The molecule has 0 atom stereocenters. The molecule has 7 rings (SSSR count). The molecule has 0 fully saturated rings. The van der Waals surface area contributed by atoms with E-state index in [0.29, 0.717) is 0 Å². The van der Waals surface area contributed by atoms with E-state index in [9.17, 15) is 0 Å². The van der Waals surface area contributed by atoms with Crippen LogP contribution >= 0.6 is 0 Å². The smallest absolute Gasteiger partial charge is 0.0645 e. The van der Waals surface area contributed by atoms with Crippen LogP contribution in [0.25, 0.3) is 39.1 Å². The van der Waals surface area contributed by atoms with Crippen LogP contribution in [-0.2, 0) is 5.41 Å². The third-order valence-electron chi connectivity index (χ3n) is 12.2. The molecule has 0 saturated carbocycles. The topological polar surface area (TPSA) is 0 Å². The van der Waals surface area contributed by atoms with Gasteiger partial charge in [-0.15, -0.1) is 0 Å². The van der Waals surface area contributed by atoms with Gasteiger partial charge in [0.25, 0.3) is 0 Å². The van der Waals surface area contributed by atoms with Crippen LogP contribution in [0.5, 0.6) is 0 Å². The van der Waals surface area contributed by atoms with Crippen molar-refractivity contribution >= 4 is 16.8 Å². The van der Waals surface area contributed by atoms with Gasteiger partial charge in [0.05, 0.1) is 5.41 Å². The van der Waals surface area contributed by atoms with Crippen LogP contribution in [0.3, 0.4) is 0 Å². The first-order valence-electron chi connectivity index (χ1n) is 15.9. The van der Waals surface area contributed by atoms with E-state index in [0.717, 1.165) is 0 Å². The lowest BCUT2D eigenvalue weighted by Crippen LogP contribution is -2.30. The van der Waals surface area contributed by atoms with Crippen LogP contribution in [0.1, 0.15) is 89.0 Å². The highest BCUT2D eigenvalue weighted by Crippen LogP contribution is 2.61. The molecule has 2 aliphatic rings. The summed E-state index contributed by atoms with van der Waals surface area (Å²) in [5.74, 6) is 0. The molecule has 5 aromatic rings. The van der Waals surface area contributed by atoms with E-state index in [-0.39, 0.29) is 0 Å². The van der Waals surface area contributed by atoms with Gasteiger partial charge in [-0.25, -0.2) is 0 Å². The van der Waals surface area contributed by atoms with Gasteiger partial charge in [0, 0.05) is 0 Å². The summed E-state index contributed by atoms with van der Waals surface area (Å²) in [5, 5.41) is 2.61. The minimum absolute atomic E-state index is 0.398. The Labute approximate surface area is 258 Å². The first kappa shape index (κ1) is 27.9. The highest BCUT2D eigenvalue weighted by molar-refractivity contribution is 6.02. The Hall–Kier alpha value is -3.90. The van der Waals surface area contributed by atoms with Crippen molar-refractivity contribution in [2.75, 3.05) is 0 Å². The van der Waals surface area contributed by atoms with Gasteiger partial charge in [0.1, 0.15) is 0 Å². The molecule has 0 unspecified atom stereocenters. The second-order valence-corrected chi connectivity index (χ2v) is 13.7. The third-order valence-corrected chi connectivity index (χ3v) is 12.2. The second-order valence-electron chi connectivity index (χ2n) is 13.7. The van der Waals surface area contributed by atoms with Crippen LogP contribution in [0.4, 0.5) is 0 Å². The number of hydrogen-bond donors (Lipinski definition) is 0. The van der Waals surface area contributed by atoms with E-state index in [1.54, 1.807) is 0 Å². The maximum absolute atomic E-state index is 2.58. The Morgan fingerprint density at radius 3 is 1.21 bits per heavy atom. The van der Waals surface area contributed by atoms with Crippen LogP contribution in [-0.4, -0.2) is 0 Å². The number of benzene rings is 5. The molecule has 0 heterocycles. The number of rotatable bonds is 0. The quantitative estimate of drug-likeness (QED) is 0.177. The Morgan fingerprint density at radius 1 is 0.395 bits per heavy atom. The summed E-state index contributed by atoms with van der Waals surface area (Å²) in [5.41, 5.74) is 28.2. The maximum Gasteiger partial charge on any atom is 0.0658 e. The van der Waals surface area contributed by atoms with Gasteiger partial charge in [-0.05, 0) is 217 Å². The zero-order valence-corrected chi connectivity index (χ0v) is 28.1. The average molecular weight is 561 g/mol. The minimum Gasteiger partial charge on any atom is -0.0645 e. The molecule has 216 valence electrons. The van der Waals surface area contributed by atoms with Crippen molar-refractivity contribution in [3.63, 3.8) is 0 Å². The molecule has 0 N–H and O–H groups in total. The Kier molecular flexibility index (Phi) is 5.88. The van der Waals surface area contributed by atoms with E-state index in [4.69, 9.17) is 0 Å². The fourth-order valence-corrected chi connectivity index (χ4v) is 8.78. The fourth-order valence-electron chi connectivity index (χ4n) is 8.78. The molecule has 0 amide bonds. The van der Waals surface area contributed by atoms with Gasteiger partial charge >= 0.3 is 0 Å². The lowest BCUT2D eigenvalue weighted by molar-refractivity contribution is 0.779. The van der Waals surface area contributed by atoms with Crippen molar-refractivity contribution in [2.24, 2.45) is 0 Å². The van der Waals surface area contributed by atoms with Crippen molar-refractivity contribution in [1.82, 2.24) is 0 Å². The normalized spacial score (nSPS) is 14.1. The Balaban J connectivity index is 1.87. The molecule has 0 heteroatoms. The van der Waals surface area contributed by atoms with Crippen molar-refractivity contribution in [3.8, 4) is 22.3 Å². The first-order valence-corrected chi connectivity index (χ1v) is 15.9. The van der Waals surface area contributed by atoms with E-state index >= 15 is 0 Å². The van der Waals surface area contributed by atoms with Gasteiger partial charge in [0.2, 0.25) is 0 Å². The molecule has 0 aliphatic heterocycles. The summed E-state index contributed by atoms with van der Waals surface area (Å²) >= 11 is 0. The SMILES string of the molecule is Cc1c(C)c(C)c2c(c1C)-c1c(C)c(C)c(C)c(C)c1C1(C=Cc3cc4ccccc4cc31)c1c(C)c(C)c(C)c(C)c1-2. The zero-order valence-electron chi connectivity index (χ0n) is 28.1. The van der Waals surface area contributed by atoms with Crippen LogP contribution < -0.4 is 0 Å². The van der Waals surface area contributed by atoms with Gasteiger partial charge in [-0.3, -0.25) is 0 Å². The molecular weight excluding hydrogens is 516 g/mol. The monoisotopic (exact) mass is 560 g/mol. The highest BCUT2D eigenvalue weighted by Gasteiger charge is 2.48. The van der Waals surface area contributed by atoms with Gasteiger partial charge < -0.3 is 0 Å². The number of allylic oxidation sites excluding steroid dienone is 1. The molecule has 0 bridgehead atoms. The van der Waals surface area contributed by atoms with Crippen LogP contribution in [0, 0.1) is 83.1 Å². The Bertz CT molecular complexity index is 2020. The predicted octanol–water partition coefficient (Wildman–Crippen LogP) is 11.5. The Morgan fingerprint density at radius 2 is 0.767 bits per heavy atom. The largest absolute Gasteiger partial charge is 0.0658 e. The molecule has 1 spiro atoms. The van der Waals surface area contributed by atoms with Crippen molar-refractivity contribution in [1.29, 1.82) is 0 Å². The van der Waals surface area contributed by atoms with Gasteiger partial charge in [-0.1, -0.05) is 36.4 Å². The minimum atomic E-state index is -0.398. The van der Waals surface area contributed by atoms with E-state index in [2.05, 4.69) is 132 Å². The average Bonchev–Trinajstić information content (AvgIpc) is 3.30. The fraction of sp³-hybridized carbons (Fsp3) is 0.302. The van der Waals surface area contributed by atoms with Crippen molar-refractivity contribution < 1.29 is 0 Å². The van der Waals surface area contributed by atoms with Crippen molar-refractivity contribution in [3.05, 3.63) is 131 Å². The lowest BCUT2D eigenvalue weighted by atomic mass is 9.64. The standard InChI is InChI=1S/C43H44/c1-21-22(2)28(8)38-37(27(21)7)39-29(9)23(3)25(5)31(11)41(39)43(42-32(12)26(6)24(4)30(10)40(38)42)18-17-35-19-33-15-13-14-16-34(33)20-36(35)43/h13-20H,1-12H3. The summed E-state index contributed by atoms with van der Waals surface area (Å²) in [7, 11) is 0. The van der Waals surface area contributed by atoms with E-state index in [1.807, 2.05) is 0 Å². The third kappa shape index (κ3) is 3.28. The van der Waals surface area contributed by atoms with E-state index < -0.39 is 5.41 Å². The molecule has 5 aromatic carbocycles. The number of fused-ring (bicyclic) bond motifs is 10. The summed E-state index contributed by atoms with van der Waals surface area (Å²) in [6.45, 7) is 28.3. The highest BCUT2D eigenvalue weighted by atomic mass is 14.5. The molecule has 0 saturated heterocycles. The van der Waals surface area contributed by atoms with Crippen LogP contribution in [0.15, 0.2) is 42.5 Å². The first-order chi connectivity index (χ1) is 20.3. The summed E-state index contributed by atoms with van der Waals surface area (Å²) in [6.07, 6.45) is 5.00. The number of hydrogen-bond acceptors (Lipinski definition) is 0. The van der Waals surface area contributed by atoms with Crippen molar-refractivity contribution in [2.45, 2.75) is 88.5 Å². The summed E-state index contributed by atoms with van der Waals surface area (Å²) < 4.78 is 0. The summed E-state index contributed by atoms with van der Waals surface area (Å²) in [4.78, 5) is 0. The summed E-state index contributed by atoms with van der Waals surface area (Å²) in [6, 6.07) is 13.8. The molecule has 2 aliphatic carbocycles.